The predicted octanol–water partition coefficient (Wildman–Crippen LogP) is 1.26. The van der Waals surface area contributed by atoms with Crippen LogP contribution in [-0.4, -0.2) is 25.5 Å². The summed E-state index contributed by atoms with van der Waals surface area (Å²) in [5, 5.41) is 5.81. The van der Waals surface area contributed by atoms with Crippen molar-refractivity contribution in [3.05, 3.63) is 35.4 Å². The molecule has 0 saturated carbocycles. The van der Waals surface area contributed by atoms with Gasteiger partial charge in [-0.25, -0.2) is 0 Å². The van der Waals surface area contributed by atoms with Gasteiger partial charge in [0.1, 0.15) is 0 Å². The van der Waals surface area contributed by atoms with E-state index in [1.807, 2.05) is 6.92 Å². The average Bonchev–Trinajstić information content (AvgIpc) is 2.28. The molecule has 0 aromatic heterocycles. The molecule has 0 bridgehead atoms. The van der Waals surface area contributed by atoms with Crippen LogP contribution in [-0.2, 0) is 11.2 Å². The van der Waals surface area contributed by atoms with Gasteiger partial charge in [0.2, 0.25) is 5.91 Å². The Labute approximate surface area is 97.2 Å². The number of aryl methyl sites for hydroxylation is 1. The van der Waals surface area contributed by atoms with Crippen molar-refractivity contribution in [3.8, 4) is 0 Å². The molecular formula is C13H20N2O. The van der Waals surface area contributed by atoms with E-state index < -0.39 is 0 Å². The van der Waals surface area contributed by atoms with E-state index in [1.54, 1.807) is 7.05 Å². The van der Waals surface area contributed by atoms with Gasteiger partial charge in [-0.15, -0.1) is 0 Å². The molecule has 0 heterocycles. The highest BCUT2D eigenvalue weighted by molar-refractivity contribution is 5.80. The van der Waals surface area contributed by atoms with E-state index in [0.29, 0.717) is 0 Å². The van der Waals surface area contributed by atoms with Crippen molar-refractivity contribution in [1.29, 1.82) is 0 Å². The molecule has 88 valence electrons. The second-order valence-corrected chi connectivity index (χ2v) is 4.03. The summed E-state index contributed by atoms with van der Waals surface area (Å²) in [4.78, 5) is 11.2. The normalized spacial score (nSPS) is 12.2. The first-order valence-corrected chi connectivity index (χ1v) is 5.64. The number of nitrogens with one attached hydrogen (secondary N) is 2. The van der Waals surface area contributed by atoms with Crippen LogP contribution in [0.3, 0.4) is 0 Å². The fourth-order valence-corrected chi connectivity index (χ4v) is 1.61. The maximum atomic E-state index is 11.2. The molecular weight excluding hydrogens is 200 g/mol. The fourth-order valence-electron chi connectivity index (χ4n) is 1.61. The molecule has 0 fully saturated rings. The Kier molecular flexibility index (Phi) is 4.99. The summed E-state index contributed by atoms with van der Waals surface area (Å²) in [6.45, 7) is 4.77. The number of carbonyl (C=O) groups excluding carboxylic acids is 1. The van der Waals surface area contributed by atoms with E-state index in [4.69, 9.17) is 0 Å². The number of hydrogen-bond acceptors (Lipinski definition) is 2. The Morgan fingerprint density at radius 1 is 1.44 bits per heavy atom. The average molecular weight is 220 g/mol. The van der Waals surface area contributed by atoms with Gasteiger partial charge in [0.15, 0.2) is 0 Å². The lowest BCUT2D eigenvalue weighted by Crippen LogP contribution is -2.41. The quantitative estimate of drug-likeness (QED) is 0.784. The monoisotopic (exact) mass is 220 g/mol. The van der Waals surface area contributed by atoms with E-state index >= 15 is 0 Å². The van der Waals surface area contributed by atoms with Crippen molar-refractivity contribution in [2.75, 3.05) is 13.6 Å². The van der Waals surface area contributed by atoms with Crippen LogP contribution < -0.4 is 10.6 Å². The first kappa shape index (κ1) is 12.7. The largest absolute Gasteiger partial charge is 0.358 e. The molecule has 1 atom stereocenters. The molecule has 1 rings (SSSR count). The standard InChI is InChI=1S/C13H20N2O/c1-10-5-4-6-12(9-10)7-8-15-11(2)13(16)14-3/h4-6,9,11,15H,7-8H2,1-3H3,(H,14,16). The van der Waals surface area contributed by atoms with Gasteiger partial charge in [0.25, 0.3) is 0 Å². The molecule has 0 aliphatic carbocycles. The third-order valence-corrected chi connectivity index (χ3v) is 2.59. The van der Waals surface area contributed by atoms with Gasteiger partial charge in [-0.3, -0.25) is 4.79 Å². The Hall–Kier alpha value is -1.35. The third kappa shape index (κ3) is 4.03. The van der Waals surface area contributed by atoms with Gasteiger partial charge >= 0.3 is 0 Å². The van der Waals surface area contributed by atoms with Crippen LogP contribution in [0, 0.1) is 6.92 Å². The lowest BCUT2D eigenvalue weighted by Gasteiger charge is -2.12. The lowest BCUT2D eigenvalue weighted by molar-refractivity contribution is -0.122. The second kappa shape index (κ2) is 6.28. The van der Waals surface area contributed by atoms with Crippen molar-refractivity contribution in [3.63, 3.8) is 0 Å². The molecule has 1 amide bonds. The summed E-state index contributed by atoms with van der Waals surface area (Å²) in [5.41, 5.74) is 2.58. The SMILES string of the molecule is CNC(=O)C(C)NCCc1cccc(C)c1. The lowest BCUT2D eigenvalue weighted by atomic mass is 10.1. The predicted molar refractivity (Wildman–Crippen MR) is 66.4 cm³/mol. The van der Waals surface area contributed by atoms with E-state index in [9.17, 15) is 4.79 Å². The molecule has 2 N–H and O–H groups in total. The number of rotatable bonds is 5. The van der Waals surface area contributed by atoms with Crippen molar-refractivity contribution >= 4 is 5.91 Å². The summed E-state index contributed by atoms with van der Waals surface area (Å²) in [6.07, 6.45) is 0.947. The zero-order chi connectivity index (χ0) is 12.0. The van der Waals surface area contributed by atoms with Gasteiger partial charge in [-0.1, -0.05) is 29.8 Å². The van der Waals surface area contributed by atoms with E-state index in [0.717, 1.165) is 13.0 Å². The topological polar surface area (TPSA) is 41.1 Å². The maximum absolute atomic E-state index is 11.2. The minimum atomic E-state index is -0.130. The first-order valence-electron chi connectivity index (χ1n) is 5.64. The minimum Gasteiger partial charge on any atom is -0.358 e. The third-order valence-electron chi connectivity index (χ3n) is 2.59. The smallest absolute Gasteiger partial charge is 0.236 e. The van der Waals surface area contributed by atoms with E-state index in [-0.39, 0.29) is 11.9 Å². The van der Waals surface area contributed by atoms with Crippen molar-refractivity contribution in [2.45, 2.75) is 26.3 Å². The van der Waals surface area contributed by atoms with E-state index in [2.05, 4.69) is 41.8 Å². The molecule has 3 heteroatoms. The summed E-state index contributed by atoms with van der Waals surface area (Å²) in [6, 6.07) is 8.30. The van der Waals surface area contributed by atoms with E-state index in [1.165, 1.54) is 11.1 Å². The number of carbonyl (C=O) groups is 1. The van der Waals surface area contributed by atoms with Crippen LogP contribution in [0.2, 0.25) is 0 Å². The Balaban J connectivity index is 2.33. The maximum Gasteiger partial charge on any atom is 0.236 e. The molecule has 3 nitrogen and oxygen atoms in total. The second-order valence-electron chi connectivity index (χ2n) is 4.03. The van der Waals surface area contributed by atoms with Crippen LogP contribution in [0.5, 0.6) is 0 Å². The minimum absolute atomic E-state index is 0.0317. The Morgan fingerprint density at radius 2 is 2.19 bits per heavy atom. The molecule has 16 heavy (non-hydrogen) atoms. The van der Waals surface area contributed by atoms with Crippen molar-refractivity contribution in [1.82, 2.24) is 10.6 Å². The highest BCUT2D eigenvalue weighted by atomic mass is 16.2. The summed E-state index contributed by atoms with van der Waals surface area (Å²) < 4.78 is 0. The van der Waals surface area contributed by atoms with Crippen LogP contribution in [0.1, 0.15) is 18.1 Å². The Morgan fingerprint density at radius 3 is 2.81 bits per heavy atom. The van der Waals surface area contributed by atoms with Gasteiger partial charge in [-0.2, -0.15) is 0 Å². The van der Waals surface area contributed by atoms with Crippen LogP contribution in [0.15, 0.2) is 24.3 Å². The molecule has 0 saturated heterocycles. The fraction of sp³-hybridized carbons (Fsp3) is 0.462. The number of hydrogen-bond donors (Lipinski definition) is 2. The Bertz CT molecular complexity index is 350. The highest BCUT2D eigenvalue weighted by Crippen LogP contribution is 2.03. The number of benzene rings is 1. The summed E-state index contributed by atoms with van der Waals surface area (Å²) >= 11 is 0. The van der Waals surface area contributed by atoms with Crippen molar-refractivity contribution < 1.29 is 4.79 Å². The first-order chi connectivity index (χ1) is 7.63. The molecule has 0 spiro atoms. The zero-order valence-electron chi connectivity index (χ0n) is 10.2. The summed E-state index contributed by atoms with van der Waals surface area (Å²) in [7, 11) is 1.65. The molecule has 1 aromatic carbocycles. The van der Waals surface area contributed by atoms with Gasteiger partial charge in [0, 0.05) is 7.05 Å². The van der Waals surface area contributed by atoms with Crippen LogP contribution in [0.4, 0.5) is 0 Å². The molecule has 1 unspecified atom stereocenters. The molecule has 0 aliphatic heterocycles. The van der Waals surface area contributed by atoms with Gasteiger partial charge in [-0.05, 0) is 32.4 Å². The highest BCUT2D eigenvalue weighted by Gasteiger charge is 2.08. The number of amides is 1. The molecule has 0 aliphatic rings. The van der Waals surface area contributed by atoms with Gasteiger partial charge in [0.05, 0.1) is 6.04 Å². The molecule has 1 aromatic rings. The number of likely N-dealkylation sites (N-methyl/N-ethyl adjacent to an activating group) is 1. The zero-order valence-corrected chi connectivity index (χ0v) is 10.2. The van der Waals surface area contributed by atoms with Gasteiger partial charge < -0.3 is 10.6 Å². The van der Waals surface area contributed by atoms with Crippen molar-refractivity contribution in [2.24, 2.45) is 0 Å². The summed E-state index contributed by atoms with van der Waals surface area (Å²) in [5.74, 6) is 0.0317. The molecule has 0 radical (unpaired) electrons. The van der Waals surface area contributed by atoms with Crippen LogP contribution >= 0.6 is 0 Å². The van der Waals surface area contributed by atoms with Crippen LogP contribution in [0.25, 0.3) is 0 Å².